The molecular weight excluding hydrogens is 1060 g/mol. The van der Waals surface area contributed by atoms with E-state index in [1.54, 1.807) is 0 Å². The summed E-state index contributed by atoms with van der Waals surface area (Å²) in [6, 6.07) is 94.4. The summed E-state index contributed by atoms with van der Waals surface area (Å²) in [5, 5.41) is 3.98. The first-order valence-corrected chi connectivity index (χ1v) is 28.3. The molecule has 5 heterocycles. The van der Waals surface area contributed by atoms with Gasteiger partial charge in [-0.15, -0.1) is 0 Å². The lowest BCUT2D eigenvalue weighted by atomic mass is 9.99. The quantitative estimate of drug-likeness (QED) is 0.123. The number of para-hydroxylation sites is 1. The largest absolute Gasteiger partial charge is 0.456 e. The summed E-state index contributed by atoms with van der Waals surface area (Å²) in [7, 11) is 0. The average molecular weight is 1100 g/mol. The zero-order valence-corrected chi connectivity index (χ0v) is 45.9. The second-order valence-electron chi connectivity index (χ2n) is 21.0. The van der Waals surface area contributed by atoms with Crippen molar-refractivity contribution in [2.45, 2.75) is 0 Å². The van der Waals surface area contributed by atoms with Gasteiger partial charge in [-0.05, 0) is 77.9 Å². The Bertz CT molecular complexity index is 4860. The van der Waals surface area contributed by atoms with E-state index in [1.807, 2.05) is 200 Å². The second-order valence-corrected chi connectivity index (χ2v) is 21.0. The summed E-state index contributed by atoms with van der Waals surface area (Å²) < 4.78 is 8.64. The van der Waals surface area contributed by atoms with Gasteiger partial charge in [0.05, 0.1) is 16.7 Å². The molecule has 0 saturated carbocycles. The molecule has 0 unspecified atom stereocenters. The van der Waals surface area contributed by atoms with Crippen LogP contribution in [0.25, 0.3) is 163 Å². The molecule has 0 atom stereocenters. The van der Waals surface area contributed by atoms with Gasteiger partial charge in [-0.25, -0.2) is 44.9 Å². The number of furan rings is 1. The van der Waals surface area contributed by atoms with Crippen LogP contribution in [0, 0.1) is 0 Å². The lowest BCUT2D eigenvalue weighted by molar-refractivity contribution is 0.669. The Morgan fingerprint density at radius 3 is 0.919 bits per heavy atom. The molecule has 0 bridgehead atoms. The summed E-state index contributed by atoms with van der Waals surface area (Å²) in [5.41, 5.74) is 14.0. The SMILES string of the molecule is c1ccc(-c2nc(-c3ccccc3)nc(-c3ccc4c(c3)c3cc(-c5nc(-c6ccccc6)nc(-c6ccccc6)n5)ccc3n4-c3ccc(-c4ccc5oc6ccccc6c5c4)cc3-c3nc(-c4ccccc4)nc(-c4ccccc4)n3)n2)cc1. The minimum Gasteiger partial charge on any atom is -0.456 e. The highest BCUT2D eigenvalue weighted by molar-refractivity contribution is 6.12. The van der Waals surface area contributed by atoms with Crippen LogP contribution in [-0.2, 0) is 0 Å². The Labute approximate surface area is 493 Å². The van der Waals surface area contributed by atoms with Crippen LogP contribution in [0.5, 0.6) is 0 Å². The van der Waals surface area contributed by atoms with Gasteiger partial charge in [0.2, 0.25) is 0 Å². The Balaban J connectivity index is 0.965. The predicted molar refractivity (Wildman–Crippen MR) is 343 cm³/mol. The molecule has 16 rings (SSSR count). The lowest BCUT2D eigenvalue weighted by Gasteiger charge is -2.16. The number of rotatable bonds is 11. The van der Waals surface area contributed by atoms with E-state index < -0.39 is 0 Å². The molecule has 0 fully saturated rings. The van der Waals surface area contributed by atoms with Gasteiger partial charge < -0.3 is 8.98 Å². The lowest BCUT2D eigenvalue weighted by Crippen LogP contribution is -2.04. The van der Waals surface area contributed by atoms with Crippen LogP contribution in [0.15, 0.2) is 283 Å². The molecule has 11 heteroatoms. The van der Waals surface area contributed by atoms with Gasteiger partial charge in [0, 0.05) is 71.6 Å². The number of fused-ring (bicyclic) bond motifs is 6. The van der Waals surface area contributed by atoms with Gasteiger partial charge in [-0.1, -0.05) is 212 Å². The fourth-order valence-electron chi connectivity index (χ4n) is 11.4. The number of hydrogen-bond acceptors (Lipinski definition) is 10. The first-order chi connectivity index (χ1) is 42.6. The van der Waals surface area contributed by atoms with Gasteiger partial charge in [0.1, 0.15) is 11.2 Å². The molecule has 86 heavy (non-hydrogen) atoms. The van der Waals surface area contributed by atoms with Gasteiger partial charge in [-0.2, -0.15) is 0 Å². The van der Waals surface area contributed by atoms with Crippen LogP contribution in [0.4, 0.5) is 0 Å². The molecule has 0 spiro atoms. The second kappa shape index (κ2) is 21.1. The van der Waals surface area contributed by atoms with Crippen LogP contribution >= 0.6 is 0 Å². The monoisotopic (exact) mass is 1100 g/mol. The highest BCUT2D eigenvalue weighted by Gasteiger charge is 2.24. The van der Waals surface area contributed by atoms with Crippen LogP contribution in [0.3, 0.4) is 0 Å². The van der Waals surface area contributed by atoms with Crippen molar-refractivity contribution in [2.75, 3.05) is 0 Å². The Kier molecular flexibility index (Phi) is 12.2. The third kappa shape index (κ3) is 9.18. The molecule has 0 amide bonds. The molecule has 0 aliphatic heterocycles. The first-order valence-electron chi connectivity index (χ1n) is 28.3. The molecular formula is C75H46N10O. The molecule has 0 aliphatic rings. The maximum Gasteiger partial charge on any atom is 0.166 e. The smallest absolute Gasteiger partial charge is 0.166 e. The zero-order chi connectivity index (χ0) is 56.9. The topological polar surface area (TPSA) is 134 Å². The molecule has 16 aromatic rings. The number of aromatic nitrogens is 10. The average Bonchev–Trinajstić information content (AvgIpc) is 2.89. The minimum atomic E-state index is 0.506. The summed E-state index contributed by atoms with van der Waals surface area (Å²) >= 11 is 0. The Morgan fingerprint density at radius 1 is 0.209 bits per heavy atom. The van der Waals surface area contributed by atoms with E-state index in [9.17, 15) is 0 Å². The van der Waals surface area contributed by atoms with Crippen molar-refractivity contribution in [1.29, 1.82) is 0 Å². The normalized spacial score (nSPS) is 11.5. The van der Waals surface area contributed by atoms with E-state index in [-0.39, 0.29) is 0 Å². The van der Waals surface area contributed by atoms with E-state index in [0.29, 0.717) is 52.4 Å². The van der Waals surface area contributed by atoms with Crippen molar-refractivity contribution >= 4 is 43.7 Å². The third-order valence-corrected chi connectivity index (χ3v) is 15.6. The molecule has 0 saturated heterocycles. The highest BCUT2D eigenvalue weighted by atomic mass is 16.3. The van der Waals surface area contributed by atoms with Crippen LogP contribution < -0.4 is 0 Å². The molecule has 11 aromatic carbocycles. The maximum absolute atomic E-state index is 6.32. The van der Waals surface area contributed by atoms with E-state index >= 15 is 0 Å². The molecule has 5 aromatic heterocycles. The number of hydrogen-bond donors (Lipinski definition) is 0. The van der Waals surface area contributed by atoms with E-state index in [2.05, 4.69) is 83.4 Å². The first kappa shape index (κ1) is 49.8. The fourth-order valence-corrected chi connectivity index (χ4v) is 11.4. The van der Waals surface area contributed by atoms with Crippen molar-refractivity contribution in [2.24, 2.45) is 0 Å². The Morgan fingerprint density at radius 2 is 0.512 bits per heavy atom. The summed E-state index contributed by atoms with van der Waals surface area (Å²) in [5.74, 6) is 4.98. The summed E-state index contributed by atoms with van der Waals surface area (Å²) in [4.78, 5) is 46.8. The standard InChI is InChI=1S/C75H46N10O/c1-7-21-47(22-8-1)67-76-68(48-23-9-2-10-24-48)80-73(79-67)55-36-40-62-58(45-55)59-46-56(74-81-69(49-25-11-3-12-26-49)77-70(82-74)50-27-13-4-14-28-50)37-41-63(59)85(62)64-39-35-53(54-38-42-66-60(43-54)57-33-19-20-34-65(57)86-66)44-61(64)75-83-71(51-29-15-5-16-30-51)78-72(84-75)52-31-17-6-18-32-52/h1-46H. The summed E-state index contributed by atoms with van der Waals surface area (Å²) in [6.45, 7) is 0. The molecule has 0 radical (unpaired) electrons. The van der Waals surface area contributed by atoms with Crippen molar-refractivity contribution in [1.82, 2.24) is 49.4 Å². The molecule has 402 valence electrons. The van der Waals surface area contributed by atoms with Crippen molar-refractivity contribution in [3.05, 3.63) is 279 Å². The Hall–Kier alpha value is -12.0. The van der Waals surface area contributed by atoms with Gasteiger partial charge >= 0.3 is 0 Å². The van der Waals surface area contributed by atoms with Crippen LogP contribution in [0.2, 0.25) is 0 Å². The summed E-state index contributed by atoms with van der Waals surface area (Å²) in [6.07, 6.45) is 0. The van der Waals surface area contributed by atoms with Crippen molar-refractivity contribution < 1.29 is 4.42 Å². The molecule has 11 nitrogen and oxygen atoms in total. The molecule has 0 N–H and O–H groups in total. The van der Waals surface area contributed by atoms with Crippen LogP contribution in [-0.4, -0.2) is 49.4 Å². The van der Waals surface area contributed by atoms with E-state index in [4.69, 9.17) is 49.3 Å². The van der Waals surface area contributed by atoms with Crippen molar-refractivity contribution in [3.8, 4) is 119 Å². The zero-order valence-electron chi connectivity index (χ0n) is 45.9. The molecule has 0 aliphatic carbocycles. The number of benzene rings is 11. The maximum atomic E-state index is 6.32. The number of nitrogens with zero attached hydrogens (tertiary/aromatic N) is 10. The fraction of sp³-hybridized carbons (Fsp3) is 0. The van der Waals surface area contributed by atoms with Gasteiger partial charge in [0.25, 0.3) is 0 Å². The van der Waals surface area contributed by atoms with Crippen molar-refractivity contribution in [3.63, 3.8) is 0 Å². The third-order valence-electron chi connectivity index (χ3n) is 15.6. The van der Waals surface area contributed by atoms with Gasteiger partial charge in [-0.3, -0.25) is 0 Å². The van der Waals surface area contributed by atoms with Crippen LogP contribution in [0.1, 0.15) is 0 Å². The van der Waals surface area contributed by atoms with Gasteiger partial charge in [0.15, 0.2) is 52.4 Å². The highest BCUT2D eigenvalue weighted by Crippen LogP contribution is 2.42. The minimum absolute atomic E-state index is 0.506. The predicted octanol–water partition coefficient (Wildman–Crippen LogP) is 17.9. The van der Waals surface area contributed by atoms with E-state index in [0.717, 1.165) is 111 Å². The van der Waals surface area contributed by atoms with E-state index in [1.165, 1.54) is 0 Å².